The van der Waals surface area contributed by atoms with Gasteiger partial charge in [0.25, 0.3) is 17.7 Å². The number of hydrogen-bond donors (Lipinski definition) is 1. The molecule has 1 aliphatic rings. The molecule has 28 heavy (non-hydrogen) atoms. The smallest absolute Gasteiger partial charge is 0.266 e. The van der Waals surface area contributed by atoms with Gasteiger partial charge in [0, 0.05) is 15.7 Å². The highest BCUT2D eigenvalue weighted by molar-refractivity contribution is 9.10. The highest BCUT2D eigenvalue weighted by Gasteiger charge is 2.37. The molecule has 0 fully saturated rings. The molecule has 0 atom stereocenters. The zero-order valence-electron chi connectivity index (χ0n) is 14.9. The van der Waals surface area contributed by atoms with E-state index in [2.05, 4.69) is 21.2 Å². The summed E-state index contributed by atoms with van der Waals surface area (Å²) < 4.78 is 0.877. The van der Waals surface area contributed by atoms with E-state index in [1.807, 2.05) is 19.1 Å². The number of anilines is 2. The first-order valence-electron chi connectivity index (χ1n) is 8.61. The summed E-state index contributed by atoms with van der Waals surface area (Å²) >= 11 is 3.33. The average Bonchev–Trinajstić information content (AvgIpc) is 2.93. The van der Waals surface area contributed by atoms with Crippen LogP contribution in [0.3, 0.4) is 0 Å². The fourth-order valence-electron chi connectivity index (χ4n) is 3.16. The maximum Gasteiger partial charge on any atom is 0.266 e. The van der Waals surface area contributed by atoms with Crippen LogP contribution in [-0.4, -0.2) is 17.7 Å². The summed E-state index contributed by atoms with van der Waals surface area (Å²) in [5.74, 6) is -1.05. The molecule has 6 heteroatoms. The monoisotopic (exact) mass is 434 g/mol. The van der Waals surface area contributed by atoms with Gasteiger partial charge in [-0.15, -0.1) is 0 Å². The standard InChI is InChI=1S/C22H15BrN2O3/c1-13-4-2-3-5-19(13)25-21(27)17-11-10-16(12-18(17)22(25)28)24-20(26)14-6-8-15(23)9-7-14/h2-12H,1H3,(H,24,26). The van der Waals surface area contributed by atoms with Crippen molar-refractivity contribution < 1.29 is 14.4 Å². The van der Waals surface area contributed by atoms with E-state index < -0.39 is 5.91 Å². The number of imide groups is 1. The molecule has 0 bridgehead atoms. The molecule has 4 rings (SSSR count). The number of rotatable bonds is 3. The molecule has 0 radical (unpaired) electrons. The van der Waals surface area contributed by atoms with E-state index in [1.54, 1.807) is 54.6 Å². The van der Waals surface area contributed by atoms with Crippen molar-refractivity contribution in [3.8, 4) is 0 Å². The Morgan fingerprint density at radius 3 is 2.29 bits per heavy atom. The summed E-state index contributed by atoms with van der Waals surface area (Å²) in [5.41, 5.74) is 2.96. The fourth-order valence-corrected chi connectivity index (χ4v) is 3.42. The number of nitrogens with zero attached hydrogens (tertiary/aromatic N) is 1. The number of fused-ring (bicyclic) bond motifs is 1. The van der Waals surface area contributed by atoms with Crippen LogP contribution in [0, 0.1) is 6.92 Å². The van der Waals surface area contributed by atoms with Crippen molar-refractivity contribution in [1.29, 1.82) is 0 Å². The van der Waals surface area contributed by atoms with Crippen LogP contribution in [0.5, 0.6) is 0 Å². The summed E-state index contributed by atoms with van der Waals surface area (Å²) in [4.78, 5) is 39.2. The third-order valence-electron chi connectivity index (χ3n) is 4.61. The van der Waals surface area contributed by atoms with E-state index in [0.29, 0.717) is 22.5 Å². The summed E-state index contributed by atoms with van der Waals surface area (Å²) in [6.07, 6.45) is 0. The molecule has 0 unspecified atom stereocenters. The van der Waals surface area contributed by atoms with Gasteiger partial charge in [-0.25, -0.2) is 4.90 Å². The van der Waals surface area contributed by atoms with Crippen LogP contribution in [0.4, 0.5) is 11.4 Å². The highest BCUT2D eigenvalue weighted by Crippen LogP contribution is 2.32. The second-order valence-corrected chi connectivity index (χ2v) is 7.37. The van der Waals surface area contributed by atoms with E-state index in [1.165, 1.54) is 4.90 Å². The molecule has 0 saturated carbocycles. The van der Waals surface area contributed by atoms with Crippen LogP contribution in [0.1, 0.15) is 36.6 Å². The Balaban J connectivity index is 1.63. The number of aryl methyl sites for hydroxylation is 1. The van der Waals surface area contributed by atoms with E-state index in [-0.39, 0.29) is 17.4 Å². The molecular formula is C22H15BrN2O3. The number of carbonyl (C=O) groups is 3. The second kappa shape index (κ2) is 7.05. The Morgan fingerprint density at radius 2 is 1.57 bits per heavy atom. The number of nitrogens with one attached hydrogen (secondary N) is 1. The van der Waals surface area contributed by atoms with Gasteiger partial charge in [0.2, 0.25) is 0 Å². The summed E-state index contributed by atoms with van der Waals surface area (Å²) in [6, 6.07) is 18.9. The maximum atomic E-state index is 12.9. The predicted molar refractivity (Wildman–Crippen MR) is 111 cm³/mol. The first-order chi connectivity index (χ1) is 13.5. The van der Waals surface area contributed by atoms with Crippen LogP contribution in [-0.2, 0) is 0 Å². The molecule has 1 heterocycles. The van der Waals surface area contributed by atoms with Gasteiger partial charge in [0.05, 0.1) is 16.8 Å². The van der Waals surface area contributed by atoms with Gasteiger partial charge in [-0.2, -0.15) is 0 Å². The first-order valence-corrected chi connectivity index (χ1v) is 9.40. The van der Waals surface area contributed by atoms with E-state index >= 15 is 0 Å². The minimum atomic E-state index is -0.394. The Kier molecular flexibility index (Phi) is 4.57. The Bertz CT molecular complexity index is 1120. The zero-order chi connectivity index (χ0) is 19.8. The molecule has 0 spiro atoms. The molecule has 138 valence electrons. The summed E-state index contributed by atoms with van der Waals surface area (Å²) in [7, 11) is 0. The Hall–Kier alpha value is -3.25. The molecule has 3 aromatic rings. The normalized spacial score (nSPS) is 12.9. The number of carbonyl (C=O) groups excluding carboxylic acids is 3. The second-order valence-electron chi connectivity index (χ2n) is 6.45. The quantitative estimate of drug-likeness (QED) is 0.601. The molecule has 0 aliphatic carbocycles. The molecular weight excluding hydrogens is 420 g/mol. The lowest BCUT2D eigenvalue weighted by molar-refractivity contribution is 0.0924. The summed E-state index contributed by atoms with van der Waals surface area (Å²) in [5, 5.41) is 2.77. The van der Waals surface area contributed by atoms with Gasteiger partial charge < -0.3 is 5.32 Å². The van der Waals surface area contributed by atoms with Gasteiger partial charge >= 0.3 is 0 Å². The van der Waals surface area contributed by atoms with Crippen molar-refractivity contribution in [3.05, 3.63) is 93.5 Å². The molecule has 3 aromatic carbocycles. The summed E-state index contributed by atoms with van der Waals surface area (Å²) in [6.45, 7) is 1.85. The van der Waals surface area contributed by atoms with E-state index in [0.717, 1.165) is 10.0 Å². The molecule has 1 N–H and O–H groups in total. The van der Waals surface area contributed by atoms with Gasteiger partial charge in [-0.3, -0.25) is 14.4 Å². The minimum absolute atomic E-state index is 0.279. The van der Waals surface area contributed by atoms with Gasteiger partial charge in [0.15, 0.2) is 0 Å². The van der Waals surface area contributed by atoms with Crippen LogP contribution < -0.4 is 10.2 Å². The maximum absolute atomic E-state index is 12.9. The lowest BCUT2D eigenvalue weighted by Gasteiger charge is -2.16. The Labute approximate surface area is 170 Å². The van der Waals surface area contributed by atoms with Gasteiger partial charge in [0.1, 0.15) is 0 Å². The highest BCUT2D eigenvalue weighted by atomic mass is 79.9. The predicted octanol–water partition coefficient (Wildman–Crippen LogP) is 4.81. The zero-order valence-corrected chi connectivity index (χ0v) is 16.5. The topological polar surface area (TPSA) is 66.5 Å². The van der Waals surface area contributed by atoms with Crippen molar-refractivity contribution in [2.75, 3.05) is 10.2 Å². The van der Waals surface area contributed by atoms with Crippen LogP contribution in [0.25, 0.3) is 0 Å². The van der Waals surface area contributed by atoms with Crippen molar-refractivity contribution in [3.63, 3.8) is 0 Å². The largest absolute Gasteiger partial charge is 0.322 e. The van der Waals surface area contributed by atoms with E-state index in [4.69, 9.17) is 0 Å². The average molecular weight is 435 g/mol. The fraction of sp³-hybridized carbons (Fsp3) is 0.0455. The molecule has 0 saturated heterocycles. The molecule has 1 aliphatic heterocycles. The van der Waals surface area contributed by atoms with Gasteiger partial charge in [-0.1, -0.05) is 34.1 Å². The number of halogens is 1. The third-order valence-corrected chi connectivity index (χ3v) is 5.14. The lowest BCUT2D eigenvalue weighted by Crippen LogP contribution is -2.29. The van der Waals surface area contributed by atoms with E-state index in [9.17, 15) is 14.4 Å². The SMILES string of the molecule is Cc1ccccc1N1C(=O)c2ccc(NC(=O)c3ccc(Br)cc3)cc2C1=O. The molecule has 0 aromatic heterocycles. The Morgan fingerprint density at radius 1 is 0.893 bits per heavy atom. The van der Waals surface area contributed by atoms with Gasteiger partial charge in [-0.05, 0) is 61.0 Å². The van der Waals surface area contributed by atoms with Crippen molar-refractivity contribution in [2.45, 2.75) is 6.92 Å². The van der Waals surface area contributed by atoms with Crippen molar-refractivity contribution in [2.24, 2.45) is 0 Å². The number of benzene rings is 3. The molecule has 5 nitrogen and oxygen atoms in total. The number of amides is 3. The third kappa shape index (κ3) is 3.12. The van der Waals surface area contributed by atoms with Crippen molar-refractivity contribution >= 4 is 45.0 Å². The minimum Gasteiger partial charge on any atom is -0.322 e. The van der Waals surface area contributed by atoms with Crippen molar-refractivity contribution in [1.82, 2.24) is 0 Å². The van der Waals surface area contributed by atoms with Crippen LogP contribution in [0.15, 0.2) is 71.2 Å². The molecule has 3 amide bonds. The lowest BCUT2D eigenvalue weighted by atomic mass is 10.1. The van der Waals surface area contributed by atoms with Crippen LogP contribution >= 0.6 is 15.9 Å². The number of hydrogen-bond acceptors (Lipinski definition) is 3. The number of para-hydroxylation sites is 1. The van der Waals surface area contributed by atoms with Crippen LogP contribution in [0.2, 0.25) is 0 Å². The first kappa shape index (κ1) is 18.1.